The molecule has 8 nitrogen and oxygen atoms in total. The lowest BCUT2D eigenvalue weighted by Gasteiger charge is -2.45. The molecule has 1 aliphatic carbocycles. The molecule has 1 saturated heterocycles. The quantitative estimate of drug-likeness (QED) is 0.345. The summed E-state index contributed by atoms with van der Waals surface area (Å²) >= 11 is 0. The van der Waals surface area contributed by atoms with Gasteiger partial charge >= 0.3 is 6.03 Å². The van der Waals surface area contributed by atoms with Crippen LogP contribution in [-0.4, -0.2) is 56.2 Å². The van der Waals surface area contributed by atoms with Gasteiger partial charge in [0.2, 0.25) is 5.91 Å². The van der Waals surface area contributed by atoms with Crippen molar-refractivity contribution in [2.45, 2.75) is 43.2 Å². The van der Waals surface area contributed by atoms with Crippen LogP contribution < -0.4 is 25.4 Å². The molecule has 3 aromatic rings. The van der Waals surface area contributed by atoms with Crippen LogP contribution in [0.25, 0.3) is 0 Å². The normalized spacial score (nSPS) is 21.5. The average molecular weight is 565 g/mol. The number of nitrogens with one attached hydrogen (secondary N) is 3. The first-order chi connectivity index (χ1) is 19.8. The molecule has 0 spiro atoms. The van der Waals surface area contributed by atoms with E-state index in [2.05, 4.69) is 16.0 Å². The Morgan fingerprint density at radius 3 is 2.44 bits per heavy atom. The van der Waals surface area contributed by atoms with Gasteiger partial charge in [0.1, 0.15) is 0 Å². The fourth-order valence-corrected chi connectivity index (χ4v) is 6.22. The van der Waals surface area contributed by atoms with E-state index in [1.807, 2.05) is 53.4 Å². The van der Waals surface area contributed by atoms with Gasteiger partial charge in [0.25, 0.3) is 0 Å². The first-order valence-electron chi connectivity index (χ1n) is 13.7. The summed E-state index contributed by atoms with van der Waals surface area (Å²) in [5.41, 5.74) is 1.76. The molecular formula is C31H34F2N4O4. The average Bonchev–Trinajstić information content (AvgIpc) is 3.38. The SMILES string of the molecule is COc1ccc([C@@]23CC[C@H](NC(=O)Nc4ccc(F)c(F)c4)C[C@H]2N(C(=O)CNc2ccccc2)CC3)cc1OC. The molecule has 0 unspecified atom stereocenters. The smallest absolute Gasteiger partial charge is 0.319 e. The Labute approximate surface area is 238 Å². The number of urea groups is 1. The Kier molecular flexibility index (Phi) is 8.28. The molecule has 5 rings (SSSR count). The van der Waals surface area contributed by atoms with Gasteiger partial charge in [0.15, 0.2) is 23.1 Å². The third-order valence-electron chi connectivity index (χ3n) is 8.27. The van der Waals surface area contributed by atoms with Crippen molar-refractivity contribution < 1.29 is 27.8 Å². The van der Waals surface area contributed by atoms with Crippen LogP contribution in [0.4, 0.5) is 25.0 Å². The summed E-state index contributed by atoms with van der Waals surface area (Å²) < 4.78 is 38.0. The largest absolute Gasteiger partial charge is 0.493 e. The number of ether oxygens (including phenoxy) is 2. The Balaban J connectivity index is 1.36. The van der Waals surface area contributed by atoms with E-state index in [-0.39, 0.29) is 35.6 Å². The van der Waals surface area contributed by atoms with Gasteiger partial charge < -0.3 is 30.3 Å². The number of halogens is 2. The summed E-state index contributed by atoms with van der Waals surface area (Å²) in [5.74, 6) is -0.786. The Morgan fingerprint density at radius 1 is 0.927 bits per heavy atom. The molecule has 0 bridgehead atoms. The number of carbonyl (C=O) groups is 2. The van der Waals surface area contributed by atoms with Crippen LogP contribution >= 0.6 is 0 Å². The van der Waals surface area contributed by atoms with Gasteiger partial charge in [-0.1, -0.05) is 24.3 Å². The summed E-state index contributed by atoms with van der Waals surface area (Å²) in [7, 11) is 3.19. The molecule has 0 aromatic heterocycles. The van der Waals surface area contributed by atoms with E-state index in [1.165, 1.54) is 6.07 Å². The van der Waals surface area contributed by atoms with E-state index in [9.17, 15) is 18.4 Å². The van der Waals surface area contributed by atoms with Crippen LogP contribution in [0.5, 0.6) is 11.5 Å². The van der Waals surface area contributed by atoms with Gasteiger partial charge in [-0.15, -0.1) is 0 Å². The molecular weight excluding hydrogens is 530 g/mol. The highest BCUT2D eigenvalue weighted by molar-refractivity contribution is 5.89. The van der Waals surface area contributed by atoms with Crippen molar-refractivity contribution in [1.29, 1.82) is 0 Å². The highest BCUT2D eigenvalue weighted by atomic mass is 19.2. The lowest BCUT2D eigenvalue weighted by Crippen LogP contribution is -2.54. The fraction of sp³-hybridized carbons (Fsp3) is 0.355. The lowest BCUT2D eigenvalue weighted by molar-refractivity contribution is -0.131. The van der Waals surface area contributed by atoms with Crippen molar-refractivity contribution in [2.24, 2.45) is 0 Å². The van der Waals surface area contributed by atoms with E-state index in [0.717, 1.165) is 36.2 Å². The number of likely N-dealkylation sites (tertiary alicyclic amines) is 1. The third kappa shape index (κ3) is 5.91. The summed E-state index contributed by atoms with van der Waals surface area (Å²) in [6.45, 7) is 0.735. The molecule has 10 heteroatoms. The molecule has 3 N–H and O–H groups in total. The number of fused-ring (bicyclic) bond motifs is 1. The summed E-state index contributed by atoms with van der Waals surface area (Å²) in [6.07, 6.45) is 2.73. The van der Waals surface area contributed by atoms with E-state index in [1.54, 1.807) is 14.2 Å². The number of anilines is 2. The summed E-state index contributed by atoms with van der Waals surface area (Å²) in [6, 6.07) is 17.8. The van der Waals surface area contributed by atoms with E-state index < -0.39 is 17.7 Å². The van der Waals surface area contributed by atoms with Crippen LogP contribution in [0.1, 0.15) is 31.2 Å². The maximum absolute atomic E-state index is 13.6. The van der Waals surface area contributed by atoms with Crippen molar-refractivity contribution in [1.82, 2.24) is 10.2 Å². The molecule has 1 saturated carbocycles. The second-order valence-corrected chi connectivity index (χ2v) is 10.5. The molecule has 3 amide bonds. The number of hydrogen-bond donors (Lipinski definition) is 3. The molecule has 1 heterocycles. The number of carbonyl (C=O) groups excluding carboxylic acids is 2. The van der Waals surface area contributed by atoms with Gasteiger partial charge in [-0.2, -0.15) is 0 Å². The molecule has 216 valence electrons. The molecule has 41 heavy (non-hydrogen) atoms. The maximum atomic E-state index is 13.6. The van der Waals surface area contributed by atoms with E-state index in [4.69, 9.17) is 9.47 Å². The zero-order valence-corrected chi connectivity index (χ0v) is 23.1. The lowest BCUT2D eigenvalue weighted by atomic mass is 9.65. The summed E-state index contributed by atoms with van der Waals surface area (Å²) in [4.78, 5) is 28.3. The van der Waals surface area contributed by atoms with Crippen LogP contribution in [0.15, 0.2) is 66.7 Å². The predicted molar refractivity (Wildman–Crippen MR) is 152 cm³/mol. The first kappa shape index (κ1) is 28.2. The second-order valence-electron chi connectivity index (χ2n) is 10.5. The molecule has 0 radical (unpaired) electrons. The molecule has 2 fully saturated rings. The van der Waals surface area contributed by atoms with Crippen LogP contribution in [0.2, 0.25) is 0 Å². The van der Waals surface area contributed by atoms with Crippen LogP contribution in [0.3, 0.4) is 0 Å². The monoisotopic (exact) mass is 564 g/mol. The van der Waals surface area contributed by atoms with Crippen LogP contribution in [-0.2, 0) is 10.2 Å². The minimum absolute atomic E-state index is 0.0203. The molecule has 3 atom stereocenters. The first-order valence-corrected chi connectivity index (χ1v) is 13.7. The number of nitrogens with zero attached hydrogens (tertiary/aromatic N) is 1. The highest BCUT2D eigenvalue weighted by Gasteiger charge is 2.53. The van der Waals surface area contributed by atoms with Crippen molar-refractivity contribution in [3.63, 3.8) is 0 Å². The van der Waals surface area contributed by atoms with E-state index in [0.29, 0.717) is 30.9 Å². The van der Waals surface area contributed by atoms with E-state index >= 15 is 0 Å². The second kappa shape index (κ2) is 12.0. The van der Waals surface area contributed by atoms with Gasteiger partial charge in [-0.3, -0.25) is 4.79 Å². The number of amides is 3. The minimum Gasteiger partial charge on any atom is -0.493 e. The van der Waals surface area contributed by atoms with Gasteiger partial charge in [-0.05, 0) is 67.6 Å². The molecule has 2 aliphatic rings. The number of hydrogen-bond acceptors (Lipinski definition) is 5. The Hall–Kier alpha value is -4.34. The van der Waals surface area contributed by atoms with Gasteiger partial charge in [0, 0.05) is 41.5 Å². The van der Waals surface area contributed by atoms with Crippen molar-refractivity contribution in [3.05, 3.63) is 83.9 Å². The minimum atomic E-state index is -1.04. The standard InChI is InChI=1S/C31H34F2N4O4/c1-40-26-11-8-20(16-27(26)41-2)31-13-12-23(36-30(39)35-22-9-10-24(32)25(33)17-22)18-28(31)37(15-14-31)29(38)19-34-21-6-4-3-5-7-21/h3-11,16-17,23,28,34H,12-15,18-19H2,1-2H3,(H2,35,36,39)/t23-,28+,31-/m0/s1. The van der Waals surface area contributed by atoms with Gasteiger partial charge in [-0.25, -0.2) is 13.6 Å². The molecule has 1 aliphatic heterocycles. The number of rotatable bonds is 8. The predicted octanol–water partition coefficient (Wildman–Crippen LogP) is 5.31. The van der Waals surface area contributed by atoms with Crippen molar-refractivity contribution in [3.8, 4) is 11.5 Å². The molecule has 3 aromatic carbocycles. The zero-order valence-electron chi connectivity index (χ0n) is 23.1. The summed E-state index contributed by atoms with van der Waals surface area (Å²) in [5, 5.41) is 8.77. The Bertz CT molecular complexity index is 1410. The Morgan fingerprint density at radius 2 is 1.71 bits per heavy atom. The maximum Gasteiger partial charge on any atom is 0.319 e. The van der Waals surface area contributed by atoms with Crippen LogP contribution in [0, 0.1) is 11.6 Å². The number of para-hydroxylation sites is 1. The van der Waals surface area contributed by atoms with Crippen molar-refractivity contribution in [2.75, 3.05) is 37.9 Å². The van der Waals surface area contributed by atoms with Gasteiger partial charge in [0.05, 0.1) is 20.8 Å². The fourth-order valence-electron chi connectivity index (χ4n) is 6.22. The highest BCUT2D eigenvalue weighted by Crippen LogP contribution is 2.50. The number of methoxy groups -OCH3 is 2. The van der Waals surface area contributed by atoms with Crippen molar-refractivity contribution >= 4 is 23.3 Å². The topological polar surface area (TPSA) is 91.9 Å². The number of benzene rings is 3. The zero-order chi connectivity index (χ0) is 29.0. The third-order valence-corrected chi connectivity index (χ3v) is 8.27.